The zero-order valence-corrected chi connectivity index (χ0v) is 23.0. The number of rotatable bonds is 4. The van der Waals surface area contributed by atoms with E-state index >= 15 is 0 Å². The highest BCUT2D eigenvalue weighted by Crippen LogP contribution is 2.46. The quantitative estimate of drug-likeness (QED) is 0.185. The van der Waals surface area contributed by atoms with Gasteiger partial charge in [-0.3, -0.25) is 0 Å². The second-order valence-electron chi connectivity index (χ2n) is 10.1. The summed E-state index contributed by atoms with van der Waals surface area (Å²) in [6, 6.07) is -0.614. The topological polar surface area (TPSA) is 13.1 Å². The monoisotopic (exact) mass is 592 g/mol. The molecule has 0 spiro atoms. The molecule has 1 nitrogen and oxygen atoms in total. The van der Waals surface area contributed by atoms with E-state index in [1.807, 2.05) is 0 Å². The standard InChI is InChI=1S/C44H28O/c1-2-13-29(14-3-1)33-17-4-5-19-35(33)44-38-22-8-6-20-36(38)43(37-21-7-9-23-39(37)44)32-16-12-15-30(27-32)31-25-26-42-40(28-31)34-18-10-11-24-41(34)45-42/h1-28H/i1D,2D,3D,4D,5D,10D,11D,12D,13D,14D,15D,16D,17D,18D,19D,24D,25D,26D,27D,28D. The summed E-state index contributed by atoms with van der Waals surface area (Å²) < 4.78 is 183. The molecule has 1 aromatic heterocycles. The Bertz CT molecular complexity index is 3580. The second-order valence-corrected chi connectivity index (χ2v) is 10.1. The van der Waals surface area contributed by atoms with Crippen molar-refractivity contribution in [3.63, 3.8) is 0 Å². The molecule has 0 saturated heterocycles. The number of para-hydroxylation sites is 1. The Balaban J connectivity index is 1.45. The Morgan fingerprint density at radius 1 is 0.356 bits per heavy atom. The Labute approximate surface area is 289 Å². The molecular weight excluding hydrogens is 544 g/mol. The van der Waals surface area contributed by atoms with Crippen LogP contribution >= 0.6 is 0 Å². The summed E-state index contributed by atoms with van der Waals surface area (Å²) in [7, 11) is 0. The SMILES string of the molecule is [2H]c1c([2H])c([2H])c(-c2c([2H])c([2H])c([2H])c([2H])c2-c2c3ccccc3c(-c3c([2H])c([2H])c([2H])c(-c4c([2H])c([2H])c5oc6c([2H])c([2H])c([2H])c([2H])c6c5c4[2H])c3[2H])c3ccccc23)c([2H])c1[2H]. The van der Waals surface area contributed by atoms with Gasteiger partial charge in [-0.2, -0.15) is 0 Å². The van der Waals surface area contributed by atoms with Gasteiger partial charge in [-0.15, -0.1) is 0 Å². The third-order valence-electron chi connectivity index (χ3n) is 7.63. The van der Waals surface area contributed by atoms with E-state index in [2.05, 4.69) is 0 Å². The van der Waals surface area contributed by atoms with Gasteiger partial charge in [-0.25, -0.2) is 0 Å². The van der Waals surface area contributed by atoms with E-state index in [4.69, 9.17) is 26.3 Å². The maximum Gasteiger partial charge on any atom is 0.135 e. The maximum absolute atomic E-state index is 9.78. The van der Waals surface area contributed by atoms with Crippen LogP contribution in [0.3, 0.4) is 0 Å². The van der Waals surface area contributed by atoms with Crippen LogP contribution < -0.4 is 0 Å². The summed E-state index contributed by atoms with van der Waals surface area (Å²) in [6.07, 6.45) is 0. The molecule has 210 valence electrons. The van der Waals surface area contributed by atoms with Crippen molar-refractivity contribution in [2.75, 3.05) is 0 Å². The highest BCUT2D eigenvalue weighted by atomic mass is 16.3. The van der Waals surface area contributed by atoms with E-state index in [0.717, 1.165) is 0 Å². The summed E-state index contributed by atoms with van der Waals surface area (Å²) in [6.45, 7) is 0. The Morgan fingerprint density at radius 3 is 1.67 bits per heavy atom. The molecule has 0 radical (unpaired) electrons. The average molecular weight is 593 g/mol. The lowest BCUT2D eigenvalue weighted by Crippen LogP contribution is -1.92. The fourth-order valence-corrected chi connectivity index (χ4v) is 5.75. The predicted molar refractivity (Wildman–Crippen MR) is 190 cm³/mol. The van der Waals surface area contributed by atoms with Crippen LogP contribution in [0.1, 0.15) is 27.4 Å². The largest absolute Gasteiger partial charge is 0.456 e. The molecule has 0 aliphatic rings. The van der Waals surface area contributed by atoms with Crippen molar-refractivity contribution in [1.82, 2.24) is 0 Å². The number of furan rings is 1. The van der Waals surface area contributed by atoms with Crippen LogP contribution in [0.5, 0.6) is 0 Å². The normalized spacial score (nSPS) is 17.8. The fourth-order valence-electron chi connectivity index (χ4n) is 5.75. The molecule has 0 N–H and O–H groups in total. The van der Waals surface area contributed by atoms with Crippen molar-refractivity contribution in [3.05, 3.63) is 169 Å². The van der Waals surface area contributed by atoms with E-state index in [1.165, 1.54) is 0 Å². The molecule has 45 heavy (non-hydrogen) atoms. The minimum absolute atomic E-state index is 0.128. The van der Waals surface area contributed by atoms with Crippen LogP contribution in [0.25, 0.3) is 88.0 Å². The van der Waals surface area contributed by atoms with Gasteiger partial charge in [-0.05, 0) is 90.2 Å². The molecule has 1 heterocycles. The van der Waals surface area contributed by atoms with Crippen molar-refractivity contribution < 1.29 is 31.8 Å². The lowest BCUT2D eigenvalue weighted by atomic mass is 9.83. The lowest BCUT2D eigenvalue weighted by molar-refractivity contribution is 0.669. The second kappa shape index (κ2) is 10.4. The summed E-state index contributed by atoms with van der Waals surface area (Å²) in [4.78, 5) is 0. The zero-order valence-electron chi connectivity index (χ0n) is 43.0. The predicted octanol–water partition coefficient (Wildman–Crippen LogP) is 12.6. The van der Waals surface area contributed by atoms with Gasteiger partial charge >= 0.3 is 0 Å². The van der Waals surface area contributed by atoms with Gasteiger partial charge in [0.05, 0.1) is 27.4 Å². The van der Waals surface area contributed by atoms with Crippen LogP contribution in [-0.2, 0) is 0 Å². The van der Waals surface area contributed by atoms with Crippen LogP contribution in [0.2, 0.25) is 0 Å². The number of hydrogen-bond acceptors (Lipinski definition) is 1. The molecule has 0 fully saturated rings. The van der Waals surface area contributed by atoms with Crippen LogP contribution in [0.15, 0.2) is 174 Å². The van der Waals surface area contributed by atoms with E-state index < -0.39 is 143 Å². The van der Waals surface area contributed by atoms with Crippen molar-refractivity contribution in [3.8, 4) is 44.5 Å². The highest BCUT2D eigenvalue weighted by Gasteiger charge is 2.19. The summed E-state index contributed by atoms with van der Waals surface area (Å²) in [5, 5.41) is 0.442. The third kappa shape index (κ3) is 4.17. The van der Waals surface area contributed by atoms with Crippen molar-refractivity contribution in [1.29, 1.82) is 0 Å². The molecule has 0 bridgehead atoms. The number of benzene rings is 8. The highest BCUT2D eigenvalue weighted by molar-refractivity contribution is 6.22. The van der Waals surface area contributed by atoms with Crippen LogP contribution in [-0.4, -0.2) is 0 Å². The first-order valence-electron chi connectivity index (χ1n) is 23.8. The first-order valence-corrected chi connectivity index (χ1v) is 13.8. The number of hydrogen-bond donors (Lipinski definition) is 0. The third-order valence-corrected chi connectivity index (χ3v) is 7.63. The van der Waals surface area contributed by atoms with Gasteiger partial charge in [0, 0.05) is 10.8 Å². The van der Waals surface area contributed by atoms with E-state index in [-0.39, 0.29) is 65.7 Å². The van der Waals surface area contributed by atoms with Gasteiger partial charge in [-0.1, -0.05) is 145 Å². The smallest absolute Gasteiger partial charge is 0.135 e. The Hall–Kier alpha value is -5.92. The van der Waals surface area contributed by atoms with Crippen LogP contribution in [0.4, 0.5) is 0 Å². The molecule has 0 aliphatic carbocycles. The molecule has 0 saturated carbocycles. The Morgan fingerprint density at radius 2 is 0.911 bits per heavy atom. The van der Waals surface area contributed by atoms with Gasteiger partial charge in [0.2, 0.25) is 0 Å². The van der Waals surface area contributed by atoms with Crippen molar-refractivity contribution in [2.45, 2.75) is 0 Å². The van der Waals surface area contributed by atoms with Crippen molar-refractivity contribution in [2.24, 2.45) is 0 Å². The van der Waals surface area contributed by atoms with Crippen LogP contribution in [0, 0.1) is 0 Å². The van der Waals surface area contributed by atoms with Gasteiger partial charge in [0.1, 0.15) is 11.2 Å². The molecule has 9 aromatic rings. The van der Waals surface area contributed by atoms with E-state index in [0.29, 0.717) is 0 Å². The fraction of sp³-hybridized carbons (Fsp3) is 0. The molecule has 1 heteroatoms. The first kappa shape index (κ1) is 12.6. The Kier molecular flexibility index (Phi) is 2.90. The van der Waals surface area contributed by atoms with Gasteiger partial charge in [0.25, 0.3) is 0 Å². The average Bonchev–Trinajstić information content (AvgIpc) is 3.71. The first-order chi connectivity index (χ1) is 30.7. The zero-order chi connectivity index (χ0) is 47.1. The molecule has 0 aliphatic heterocycles. The molecule has 9 rings (SSSR count). The molecule has 0 atom stereocenters. The van der Waals surface area contributed by atoms with Gasteiger partial charge in [0.15, 0.2) is 0 Å². The molecule has 8 aromatic carbocycles. The van der Waals surface area contributed by atoms with E-state index in [1.54, 1.807) is 48.5 Å². The summed E-state index contributed by atoms with van der Waals surface area (Å²) in [5.74, 6) is 0. The number of fused-ring (bicyclic) bond motifs is 5. The summed E-state index contributed by atoms with van der Waals surface area (Å²) in [5.41, 5.74) is -2.84. The summed E-state index contributed by atoms with van der Waals surface area (Å²) >= 11 is 0. The molecule has 0 amide bonds. The van der Waals surface area contributed by atoms with Crippen molar-refractivity contribution >= 4 is 43.5 Å². The van der Waals surface area contributed by atoms with Gasteiger partial charge < -0.3 is 4.42 Å². The lowest BCUT2D eigenvalue weighted by Gasteiger charge is -2.20. The molecular formula is C44H28O. The minimum Gasteiger partial charge on any atom is -0.456 e. The maximum atomic E-state index is 9.78. The minimum atomic E-state index is -0.743. The molecule has 0 unspecified atom stereocenters. The van der Waals surface area contributed by atoms with E-state index in [9.17, 15) is 5.48 Å².